The van der Waals surface area contributed by atoms with Crippen molar-refractivity contribution in [1.29, 1.82) is 0 Å². The molecule has 0 fully saturated rings. The smallest absolute Gasteiger partial charge is 0.119 e. The summed E-state index contributed by atoms with van der Waals surface area (Å²) < 4.78 is 13.8. The zero-order chi connectivity index (χ0) is 25.1. The number of ether oxygens (including phenoxy) is 2. The van der Waals surface area contributed by atoms with E-state index in [1.807, 2.05) is 6.07 Å². The zero-order valence-corrected chi connectivity index (χ0v) is 21.6. The van der Waals surface area contributed by atoms with Gasteiger partial charge in [0.1, 0.15) is 17.3 Å². The summed E-state index contributed by atoms with van der Waals surface area (Å²) in [4.78, 5) is 5.06. The largest absolute Gasteiger partial charge is 0.497 e. The molecule has 0 spiro atoms. The van der Waals surface area contributed by atoms with Crippen molar-refractivity contribution >= 4 is 21.8 Å². The molecule has 0 aliphatic carbocycles. The molecular weight excluding hydrogens is 444 g/mol. The van der Waals surface area contributed by atoms with Gasteiger partial charge in [-0.1, -0.05) is 69.3 Å². The van der Waals surface area contributed by atoms with E-state index < -0.39 is 0 Å². The van der Waals surface area contributed by atoms with E-state index in [2.05, 4.69) is 104 Å². The van der Waals surface area contributed by atoms with Crippen LogP contribution in [0, 0.1) is 0 Å². The predicted molar refractivity (Wildman–Crippen MR) is 148 cm³/mol. The van der Waals surface area contributed by atoms with E-state index in [-0.39, 0.29) is 5.92 Å². The Kier molecular flexibility index (Phi) is 6.95. The van der Waals surface area contributed by atoms with Crippen molar-refractivity contribution in [3.63, 3.8) is 0 Å². The molecule has 1 unspecified atom stereocenters. The first-order valence-electron chi connectivity index (χ1n) is 12.8. The van der Waals surface area contributed by atoms with Gasteiger partial charge in [-0.15, -0.1) is 0 Å². The minimum atomic E-state index is 0.161. The number of aryl methyl sites for hydroxylation is 1. The Hall–Kier alpha value is -3.79. The van der Waals surface area contributed by atoms with E-state index in [0.717, 1.165) is 35.8 Å². The number of imidazole rings is 1. The average molecular weight is 479 g/mol. The molecule has 4 nitrogen and oxygen atoms in total. The Balaban J connectivity index is 1.35. The molecule has 1 heterocycles. The molecule has 4 heteroatoms. The molecule has 36 heavy (non-hydrogen) atoms. The Morgan fingerprint density at radius 3 is 2.25 bits per heavy atom. The monoisotopic (exact) mass is 478 g/mol. The summed E-state index contributed by atoms with van der Waals surface area (Å²) in [6.07, 6.45) is 0.906. The van der Waals surface area contributed by atoms with Crippen molar-refractivity contribution in [3.8, 4) is 11.5 Å². The molecule has 5 rings (SSSR count). The molecule has 0 radical (unpaired) electrons. The van der Waals surface area contributed by atoms with Gasteiger partial charge >= 0.3 is 0 Å². The minimum Gasteiger partial charge on any atom is -0.497 e. The van der Waals surface area contributed by atoms with Crippen molar-refractivity contribution in [2.24, 2.45) is 0 Å². The topological polar surface area (TPSA) is 36.3 Å². The quantitative estimate of drug-likeness (QED) is 0.202. The molecular formula is C32H34N2O2. The fourth-order valence-electron chi connectivity index (χ4n) is 4.81. The molecule has 0 bridgehead atoms. The van der Waals surface area contributed by atoms with Crippen LogP contribution in [-0.2, 0) is 6.54 Å². The van der Waals surface area contributed by atoms with Gasteiger partial charge in [0.2, 0.25) is 0 Å². The summed E-state index contributed by atoms with van der Waals surface area (Å²) in [5, 5.41) is 2.39. The van der Waals surface area contributed by atoms with Crippen LogP contribution in [-0.4, -0.2) is 23.3 Å². The van der Waals surface area contributed by atoms with E-state index in [9.17, 15) is 0 Å². The lowest BCUT2D eigenvalue weighted by molar-refractivity contribution is 0.301. The van der Waals surface area contributed by atoms with Crippen LogP contribution in [0.4, 0.5) is 0 Å². The van der Waals surface area contributed by atoms with Gasteiger partial charge in [-0.3, -0.25) is 0 Å². The van der Waals surface area contributed by atoms with Gasteiger partial charge in [-0.05, 0) is 70.6 Å². The number of rotatable bonds is 9. The number of para-hydroxylation sites is 2. The van der Waals surface area contributed by atoms with Crippen LogP contribution >= 0.6 is 0 Å². The maximum Gasteiger partial charge on any atom is 0.119 e. The maximum atomic E-state index is 6.06. The van der Waals surface area contributed by atoms with Crippen molar-refractivity contribution in [2.45, 2.75) is 45.6 Å². The summed E-state index contributed by atoms with van der Waals surface area (Å²) in [5.41, 5.74) is 4.80. The summed E-state index contributed by atoms with van der Waals surface area (Å²) in [6, 6.07) is 29.7. The number of hydrogen-bond donors (Lipinski definition) is 0. The van der Waals surface area contributed by atoms with Crippen LogP contribution in [0.15, 0.2) is 84.9 Å². The fourth-order valence-corrected chi connectivity index (χ4v) is 4.81. The van der Waals surface area contributed by atoms with Crippen LogP contribution in [0.2, 0.25) is 0 Å². The SMILES string of the molecule is COc1ccc2cc(C(C)c3nc4ccccc4n3CCCOc3ccc(C(C)C)cc3)ccc2c1. The number of hydrogen-bond acceptors (Lipinski definition) is 3. The Labute approximate surface area is 213 Å². The Morgan fingerprint density at radius 1 is 0.778 bits per heavy atom. The second-order valence-electron chi connectivity index (χ2n) is 9.73. The number of aromatic nitrogens is 2. The number of nitrogens with zero attached hydrogens (tertiary/aromatic N) is 2. The Bertz CT molecular complexity index is 1470. The van der Waals surface area contributed by atoms with E-state index in [0.29, 0.717) is 12.5 Å². The second kappa shape index (κ2) is 10.4. The molecule has 184 valence electrons. The normalized spacial score (nSPS) is 12.4. The second-order valence-corrected chi connectivity index (χ2v) is 9.73. The molecule has 0 aliphatic rings. The van der Waals surface area contributed by atoms with E-state index >= 15 is 0 Å². The van der Waals surface area contributed by atoms with Crippen molar-refractivity contribution in [1.82, 2.24) is 9.55 Å². The van der Waals surface area contributed by atoms with Crippen LogP contribution < -0.4 is 9.47 Å². The first-order chi connectivity index (χ1) is 17.5. The molecule has 0 saturated carbocycles. The van der Waals surface area contributed by atoms with Crippen molar-refractivity contribution in [2.75, 3.05) is 13.7 Å². The number of fused-ring (bicyclic) bond motifs is 2. The summed E-state index contributed by atoms with van der Waals surface area (Å²) in [5.74, 6) is 3.58. The lowest BCUT2D eigenvalue weighted by atomic mass is 9.97. The third-order valence-corrected chi connectivity index (χ3v) is 6.98. The van der Waals surface area contributed by atoms with Crippen molar-refractivity contribution in [3.05, 3.63) is 102 Å². The molecule has 5 aromatic rings. The first kappa shape index (κ1) is 23.9. The highest BCUT2D eigenvalue weighted by Crippen LogP contribution is 2.31. The van der Waals surface area contributed by atoms with Crippen LogP contribution in [0.25, 0.3) is 21.8 Å². The maximum absolute atomic E-state index is 6.06. The van der Waals surface area contributed by atoms with Gasteiger partial charge in [0.25, 0.3) is 0 Å². The molecule has 1 atom stereocenters. The highest BCUT2D eigenvalue weighted by atomic mass is 16.5. The van der Waals surface area contributed by atoms with E-state index in [4.69, 9.17) is 14.5 Å². The highest BCUT2D eigenvalue weighted by Gasteiger charge is 2.18. The lowest BCUT2D eigenvalue weighted by Crippen LogP contribution is -2.11. The summed E-state index contributed by atoms with van der Waals surface area (Å²) >= 11 is 0. The number of methoxy groups -OCH3 is 1. The lowest BCUT2D eigenvalue weighted by Gasteiger charge is -2.16. The predicted octanol–water partition coefficient (Wildman–Crippen LogP) is 7.94. The standard InChI is InChI=1S/C32H34N2O2/c1-22(2)24-12-15-28(16-13-24)36-19-7-18-34-31-9-6-5-8-30(31)33-32(34)23(3)25-10-11-27-21-29(35-4)17-14-26(27)20-25/h5-6,8-17,20-23H,7,18-19H2,1-4H3. The molecule has 4 aromatic carbocycles. The first-order valence-corrected chi connectivity index (χ1v) is 12.8. The van der Waals surface area contributed by atoms with Crippen LogP contribution in [0.3, 0.4) is 0 Å². The van der Waals surface area contributed by atoms with Gasteiger partial charge in [-0.25, -0.2) is 4.98 Å². The van der Waals surface area contributed by atoms with Gasteiger partial charge in [-0.2, -0.15) is 0 Å². The number of benzene rings is 4. The highest BCUT2D eigenvalue weighted by molar-refractivity contribution is 5.85. The third-order valence-electron chi connectivity index (χ3n) is 6.98. The van der Waals surface area contributed by atoms with Crippen molar-refractivity contribution < 1.29 is 9.47 Å². The van der Waals surface area contributed by atoms with Crippen LogP contribution in [0.1, 0.15) is 56.0 Å². The molecule has 0 N–H and O–H groups in total. The van der Waals surface area contributed by atoms with E-state index in [1.54, 1.807) is 7.11 Å². The summed E-state index contributed by atoms with van der Waals surface area (Å²) in [7, 11) is 1.70. The van der Waals surface area contributed by atoms with Gasteiger partial charge < -0.3 is 14.0 Å². The van der Waals surface area contributed by atoms with Crippen LogP contribution in [0.5, 0.6) is 11.5 Å². The minimum absolute atomic E-state index is 0.161. The van der Waals surface area contributed by atoms with Gasteiger partial charge in [0, 0.05) is 12.5 Å². The molecule has 0 saturated heterocycles. The molecule has 1 aromatic heterocycles. The zero-order valence-electron chi connectivity index (χ0n) is 21.6. The van der Waals surface area contributed by atoms with Gasteiger partial charge in [0.15, 0.2) is 0 Å². The molecule has 0 aliphatic heterocycles. The van der Waals surface area contributed by atoms with Gasteiger partial charge in [0.05, 0.1) is 24.8 Å². The molecule has 0 amide bonds. The third kappa shape index (κ3) is 4.94. The average Bonchev–Trinajstić information content (AvgIpc) is 3.28. The summed E-state index contributed by atoms with van der Waals surface area (Å²) in [6.45, 7) is 8.18. The van der Waals surface area contributed by atoms with E-state index in [1.165, 1.54) is 27.4 Å². The fraction of sp³-hybridized carbons (Fsp3) is 0.281. The Morgan fingerprint density at radius 2 is 1.47 bits per heavy atom.